The van der Waals surface area contributed by atoms with Gasteiger partial charge in [0, 0.05) is 0 Å². The Bertz CT molecular complexity index is 412. The van der Waals surface area contributed by atoms with Crippen LogP contribution in [-0.4, -0.2) is 22.0 Å². The van der Waals surface area contributed by atoms with Gasteiger partial charge in [-0.05, 0) is 18.6 Å². The van der Waals surface area contributed by atoms with Gasteiger partial charge in [-0.1, -0.05) is 17.7 Å². The molecule has 0 saturated carbocycles. The molecule has 0 saturated heterocycles. The molecule has 0 aliphatic heterocycles. The number of aliphatic carboxylic acids is 1. The third-order valence-corrected chi connectivity index (χ3v) is 2.07. The Balaban J connectivity index is 3.40. The van der Waals surface area contributed by atoms with Gasteiger partial charge in [0.05, 0.1) is 10.6 Å². The van der Waals surface area contributed by atoms with Gasteiger partial charge in [0.1, 0.15) is 5.75 Å². The van der Waals surface area contributed by atoms with Gasteiger partial charge < -0.3 is 10.2 Å². The number of hydrogen-bond acceptors (Lipinski definition) is 3. The summed E-state index contributed by atoms with van der Waals surface area (Å²) in [6.45, 7) is 1.55. The molecule has 0 heterocycles. The number of rotatable bonds is 2. The van der Waals surface area contributed by atoms with E-state index in [1.165, 1.54) is 12.1 Å². The van der Waals surface area contributed by atoms with E-state index in [4.69, 9.17) is 16.7 Å². The quantitative estimate of drug-likeness (QED) is 0.580. The van der Waals surface area contributed by atoms with Crippen LogP contribution in [0.4, 0.5) is 0 Å². The summed E-state index contributed by atoms with van der Waals surface area (Å²) in [6, 6.07) is 2.86. The van der Waals surface area contributed by atoms with Crippen LogP contribution in [0, 0.1) is 6.92 Å². The predicted molar refractivity (Wildman–Crippen MR) is 49.8 cm³/mol. The molecule has 0 bridgehead atoms. The highest BCUT2D eigenvalue weighted by molar-refractivity contribution is 6.45. The highest BCUT2D eigenvalue weighted by Gasteiger charge is 2.22. The zero-order valence-electron chi connectivity index (χ0n) is 7.24. The third-order valence-electron chi connectivity index (χ3n) is 1.75. The molecular formula is C9H7ClO4. The van der Waals surface area contributed by atoms with Crippen LogP contribution in [0.25, 0.3) is 0 Å². The number of aromatic hydroxyl groups is 1. The lowest BCUT2D eigenvalue weighted by Gasteiger charge is -2.05. The van der Waals surface area contributed by atoms with E-state index in [-0.39, 0.29) is 16.3 Å². The first kappa shape index (κ1) is 10.5. The molecule has 14 heavy (non-hydrogen) atoms. The molecule has 1 rings (SSSR count). The van der Waals surface area contributed by atoms with Crippen LogP contribution in [0.15, 0.2) is 12.1 Å². The fourth-order valence-corrected chi connectivity index (χ4v) is 1.23. The van der Waals surface area contributed by atoms with E-state index in [2.05, 4.69) is 0 Å². The molecule has 2 N–H and O–H groups in total. The van der Waals surface area contributed by atoms with Crippen molar-refractivity contribution >= 4 is 23.4 Å². The predicted octanol–water partition coefficient (Wildman–Crippen LogP) is 1.62. The van der Waals surface area contributed by atoms with Crippen molar-refractivity contribution in [3.05, 3.63) is 28.3 Å². The van der Waals surface area contributed by atoms with Gasteiger partial charge in [-0.3, -0.25) is 4.79 Å². The van der Waals surface area contributed by atoms with Gasteiger partial charge in [-0.15, -0.1) is 0 Å². The van der Waals surface area contributed by atoms with Crippen molar-refractivity contribution in [2.24, 2.45) is 0 Å². The molecule has 4 nitrogen and oxygen atoms in total. The molecule has 0 amide bonds. The number of carbonyl (C=O) groups is 2. The van der Waals surface area contributed by atoms with Crippen LogP contribution in [0.2, 0.25) is 5.02 Å². The summed E-state index contributed by atoms with van der Waals surface area (Å²) in [7, 11) is 0. The lowest BCUT2D eigenvalue weighted by molar-refractivity contribution is -0.131. The Morgan fingerprint density at radius 1 is 1.36 bits per heavy atom. The molecule has 0 unspecified atom stereocenters. The molecule has 1 aromatic rings. The molecule has 0 aromatic heterocycles. The molecule has 5 heteroatoms. The first-order valence-electron chi connectivity index (χ1n) is 3.71. The summed E-state index contributed by atoms with van der Waals surface area (Å²) >= 11 is 5.60. The summed E-state index contributed by atoms with van der Waals surface area (Å²) in [5, 5.41) is 17.8. The minimum Gasteiger partial charge on any atom is -0.507 e. The van der Waals surface area contributed by atoms with Crippen LogP contribution in [0.1, 0.15) is 15.9 Å². The van der Waals surface area contributed by atoms with Crippen molar-refractivity contribution in [1.82, 2.24) is 0 Å². The second-order valence-corrected chi connectivity index (χ2v) is 3.13. The first-order valence-corrected chi connectivity index (χ1v) is 4.08. The second kappa shape index (κ2) is 3.67. The van der Waals surface area contributed by atoms with Crippen molar-refractivity contribution in [3.63, 3.8) is 0 Å². The van der Waals surface area contributed by atoms with E-state index in [0.717, 1.165) is 0 Å². The Morgan fingerprint density at radius 3 is 2.43 bits per heavy atom. The van der Waals surface area contributed by atoms with Crippen molar-refractivity contribution in [3.8, 4) is 5.75 Å². The molecular weight excluding hydrogens is 208 g/mol. The average molecular weight is 215 g/mol. The largest absolute Gasteiger partial charge is 0.507 e. The summed E-state index contributed by atoms with van der Waals surface area (Å²) in [4.78, 5) is 21.5. The molecule has 0 spiro atoms. The molecule has 1 aromatic carbocycles. The van der Waals surface area contributed by atoms with Gasteiger partial charge in [0.15, 0.2) is 0 Å². The number of carboxylic acid groups (broad SMARTS) is 1. The van der Waals surface area contributed by atoms with Gasteiger partial charge >= 0.3 is 5.97 Å². The van der Waals surface area contributed by atoms with Crippen molar-refractivity contribution in [2.45, 2.75) is 6.92 Å². The van der Waals surface area contributed by atoms with Crippen molar-refractivity contribution in [1.29, 1.82) is 0 Å². The minimum absolute atomic E-state index is 0.0690. The SMILES string of the molecule is Cc1ccc(Cl)c(C(=O)C(=O)O)c1O. The zero-order valence-corrected chi connectivity index (χ0v) is 8.00. The number of benzene rings is 1. The lowest BCUT2D eigenvalue weighted by Crippen LogP contribution is -2.13. The fraction of sp³-hybridized carbons (Fsp3) is 0.111. The van der Waals surface area contributed by atoms with Crippen LogP contribution in [0.3, 0.4) is 0 Å². The maximum Gasteiger partial charge on any atom is 0.377 e. The van der Waals surface area contributed by atoms with E-state index >= 15 is 0 Å². The topological polar surface area (TPSA) is 74.6 Å². The fourth-order valence-electron chi connectivity index (χ4n) is 0.994. The van der Waals surface area contributed by atoms with Crippen LogP contribution >= 0.6 is 11.6 Å². The van der Waals surface area contributed by atoms with E-state index in [1.54, 1.807) is 6.92 Å². The maximum absolute atomic E-state index is 11.1. The number of phenols is 1. The number of hydrogen-bond donors (Lipinski definition) is 2. The summed E-state index contributed by atoms with van der Waals surface area (Å²) < 4.78 is 0. The minimum atomic E-state index is -1.65. The second-order valence-electron chi connectivity index (χ2n) is 2.72. The first-order chi connectivity index (χ1) is 6.45. The Labute approximate surface area is 84.7 Å². The third kappa shape index (κ3) is 1.70. The molecule has 0 aliphatic carbocycles. The molecule has 0 radical (unpaired) electrons. The van der Waals surface area contributed by atoms with Crippen molar-refractivity contribution in [2.75, 3.05) is 0 Å². The van der Waals surface area contributed by atoms with Gasteiger partial charge in [-0.2, -0.15) is 0 Å². The Hall–Kier alpha value is -1.55. The van der Waals surface area contributed by atoms with Crippen LogP contribution < -0.4 is 0 Å². The zero-order chi connectivity index (χ0) is 10.9. The molecule has 0 fully saturated rings. The number of ketones is 1. The standard InChI is InChI=1S/C9H7ClO4/c1-4-2-3-5(10)6(7(4)11)8(12)9(13)14/h2-3,11H,1H3,(H,13,14). The van der Waals surface area contributed by atoms with E-state index < -0.39 is 11.8 Å². The average Bonchev–Trinajstić information content (AvgIpc) is 2.12. The number of halogens is 1. The van der Waals surface area contributed by atoms with E-state index in [9.17, 15) is 14.7 Å². The highest BCUT2D eigenvalue weighted by atomic mass is 35.5. The van der Waals surface area contributed by atoms with E-state index in [0.29, 0.717) is 5.56 Å². The number of carbonyl (C=O) groups excluding carboxylic acids is 1. The molecule has 0 aliphatic rings. The summed E-state index contributed by atoms with van der Waals surface area (Å²) in [5.41, 5.74) is 0.0400. The Kier molecular flexibility index (Phi) is 2.76. The summed E-state index contributed by atoms with van der Waals surface area (Å²) in [5.74, 6) is -3.24. The molecule has 74 valence electrons. The van der Waals surface area contributed by atoms with Gasteiger partial charge in [-0.25, -0.2) is 4.79 Å². The lowest BCUT2D eigenvalue weighted by atomic mass is 10.1. The van der Waals surface area contributed by atoms with Crippen LogP contribution in [-0.2, 0) is 4.79 Å². The number of Topliss-reactive ketones (excluding diaryl/α,β-unsaturated/α-hetero) is 1. The number of aryl methyl sites for hydroxylation is 1. The van der Waals surface area contributed by atoms with Crippen LogP contribution in [0.5, 0.6) is 5.75 Å². The van der Waals surface area contributed by atoms with Gasteiger partial charge in [0.25, 0.3) is 5.78 Å². The normalized spacial score (nSPS) is 9.86. The van der Waals surface area contributed by atoms with Crippen molar-refractivity contribution < 1.29 is 19.8 Å². The highest BCUT2D eigenvalue weighted by Crippen LogP contribution is 2.29. The monoisotopic (exact) mass is 214 g/mol. The van der Waals surface area contributed by atoms with E-state index in [1.807, 2.05) is 0 Å². The summed E-state index contributed by atoms with van der Waals surface area (Å²) in [6.07, 6.45) is 0. The smallest absolute Gasteiger partial charge is 0.377 e. The molecule has 0 atom stereocenters. The number of phenolic OH excluding ortho intramolecular Hbond substituents is 1. The Morgan fingerprint density at radius 2 is 1.93 bits per heavy atom. The number of carboxylic acids is 1. The van der Waals surface area contributed by atoms with Gasteiger partial charge in [0.2, 0.25) is 0 Å². The maximum atomic E-state index is 11.1.